The summed E-state index contributed by atoms with van der Waals surface area (Å²) < 4.78 is 0. The molecule has 2 nitrogen and oxygen atoms in total. The monoisotopic (exact) mass is 111 g/mol. The molecular weight excluding hydrogens is 102 g/mol. The molecule has 0 radical (unpaired) electrons. The van der Waals surface area contributed by atoms with Gasteiger partial charge in [0.2, 0.25) is 5.91 Å². The zero-order valence-electron chi connectivity index (χ0n) is 4.90. The maximum atomic E-state index is 10.3. The molecule has 0 aliphatic carbocycles. The minimum absolute atomic E-state index is 0.100. The second-order valence-electron chi connectivity index (χ2n) is 2.35. The summed E-state index contributed by atoms with van der Waals surface area (Å²) in [5, 5.41) is 2.71. The highest BCUT2D eigenvalue weighted by Crippen LogP contribution is 2.18. The van der Waals surface area contributed by atoms with E-state index >= 15 is 0 Å². The van der Waals surface area contributed by atoms with E-state index in [1.165, 1.54) is 0 Å². The Morgan fingerprint density at radius 1 is 2.00 bits per heavy atom. The van der Waals surface area contributed by atoms with Crippen LogP contribution < -0.4 is 5.32 Å². The van der Waals surface area contributed by atoms with Crippen molar-refractivity contribution in [2.75, 3.05) is 0 Å². The van der Waals surface area contributed by atoms with Crippen LogP contribution in [0.1, 0.15) is 13.3 Å². The van der Waals surface area contributed by atoms with Crippen LogP contribution in [0.15, 0.2) is 12.7 Å². The van der Waals surface area contributed by atoms with Gasteiger partial charge in [0.15, 0.2) is 0 Å². The number of nitrogens with one attached hydrogen (secondary N) is 1. The fourth-order valence-corrected chi connectivity index (χ4v) is 0.757. The van der Waals surface area contributed by atoms with Crippen molar-refractivity contribution in [2.24, 2.45) is 0 Å². The van der Waals surface area contributed by atoms with E-state index in [4.69, 9.17) is 0 Å². The van der Waals surface area contributed by atoms with Crippen molar-refractivity contribution in [3.63, 3.8) is 0 Å². The van der Waals surface area contributed by atoms with Gasteiger partial charge in [-0.25, -0.2) is 0 Å². The van der Waals surface area contributed by atoms with E-state index in [1.807, 2.05) is 6.92 Å². The Hall–Kier alpha value is -0.790. The van der Waals surface area contributed by atoms with Gasteiger partial charge >= 0.3 is 0 Å². The average molecular weight is 111 g/mol. The third-order valence-electron chi connectivity index (χ3n) is 1.40. The van der Waals surface area contributed by atoms with E-state index in [2.05, 4.69) is 11.9 Å². The lowest BCUT2D eigenvalue weighted by Gasteiger charge is -2.35. The fraction of sp³-hybridized carbons (Fsp3) is 0.500. The van der Waals surface area contributed by atoms with Gasteiger partial charge in [-0.15, -0.1) is 6.58 Å². The molecule has 8 heavy (non-hydrogen) atoms. The summed E-state index contributed by atoms with van der Waals surface area (Å²) in [5.41, 5.74) is -0.100. The first-order valence-corrected chi connectivity index (χ1v) is 2.61. The number of hydrogen-bond acceptors (Lipinski definition) is 1. The molecule has 44 valence electrons. The molecule has 0 saturated carbocycles. The topological polar surface area (TPSA) is 29.1 Å². The second kappa shape index (κ2) is 1.34. The molecule has 2 heteroatoms. The van der Waals surface area contributed by atoms with Crippen LogP contribution in [0.5, 0.6) is 0 Å². The van der Waals surface area contributed by atoms with E-state index < -0.39 is 0 Å². The van der Waals surface area contributed by atoms with Crippen LogP contribution in [0.3, 0.4) is 0 Å². The summed E-state index contributed by atoms with van der Waals surface area (Å²) in [6, 6.07) is 0. The summed E-state index contributed by atoms with van der Waals surface area (Å²) in [4.78, 5) is 10.3. The summed E-state index contributed by atoms with van der Waals surface area (Å²) in [7, 11) is 0. The van der Waals surface area contributed by atoms with Gasteiger partial charge in [0, 0.05) is 0 Å². The van der Waals surface area contributed by atoms with E-state index in [1.54, 1.807) is 6.08 Å². The zero-order chi connectivity index (χ0) is 6.20. The Morgan fingerprint density at radius 2 is 2.50 bits per heavy atom. The van der Waals surface area contributed by atoms with Gasteiger partial charge in [0.1, 0.15) is 0 Å². The average Bonchev–Trinajstić information content (AvgIpc) is 1.63. The van der Waals surface area contributed by atoms with E-state index in [9.17, 15) is 4.79 Å². The molecule has 0 spiro atoms. The van der Waals surface area contributed by atoms with Gasteiger partial charge in [0.05, 0.1) is 12.0 Å². The maximum absolute atomic E-state index is 10.3. The van der Waals surface area contributed by atoms with E-state index in [-0.39, 0.29) is 11.4 Å². The van der Waals surface area contributed by atoms with Crippen LogP contribution in [-0.4, -0.2) is 11.4 Å². The Bertz CT molecular complexity index is 131. The smallest absolute Gasteiger partial charge is 0.223 e. The van der Waals surface area contributed by atoms with Crippen LogP contribution in [0, 0.1) is 0 Å². The lowest BCUT2D eigenvalue weighted by atomic mass is 9.90. The first kappa shape index (κ1) is 5.35. The van der Waals surface area contributed by atoms with Gasteiger partial charge in [0.25, 0.3) is 0 Å². The van der Waals surface area contributed by atoms with Crippen molar-refractivity contribution in [1.82, 2.24) is 5.32 Å². The number of β-lactam (4-membered cyclic amide) rings is 1. The number of hydrogen-bond donors (Lipinski definition) is 1. The molecule has 1 atom stereocenters. The van der Waals surface area contributed by atoms with Crippen molar-refractivity contribution in [1.29, 1.82) is 0 Å². The van der Waals surface area contributed by atoms with Crippen LogP contribution in [0.2, 0.25) is 0 Å². The molecule has 1 amide bonds. The zero-order valence-corrected chi connectivity index (χ0v) is 4.90. The van der Waals surface area contributed by atoms with Crippen molar-refractivity contribution < 1.29 is 4.79 Å². The summed E-state index contributed by atoms with van der Waals surface area (Å²) in [6.45, 7) is 5.52. The fourth-order valence-electron chi connectivity index (χ4n) is 0.757. The highest BCUT2D eigenvalue weighted by atomic mass is 16.2. The Morgan fingerprint density at radius 3 is 2.62 bits per heavy atom. The van der Waals surface area contributed by atoms with Crippen LogP contribution in [0.25, 0.3) is 0 Å². The van der Waals surface area contributed by atoms with E-state index in [0.717, 1.165) is 0 Å². The predicted octanol–water partition coefficient (Wildman–Crippen LogP) is 0.451. The van der Waals surface area contributed by atoms with Gasteiger partial charge < -0.3 is 5.32 Å². The molecule has 1 heterocycles. The molecule has 1 aliphatic rings. The molecule has 1 saturated heterocycles. The minimum atomic E-state index is -0.100. The third-order valence-corrected chi connectivity index (χ3v) is 1.40. The summed E-state index contributed by atoms with van der Waals surface area (Å²) in [5.74, 6) is 0.118. The molecular formula is C6H9NO. The summed E-state index contributed by atoms with van der Waals surface area (Å²) >= 11 is 0. The van der Waals surface area contributed by atoms with Gasteiger partial charge in [-0.05, 0) is 6.92 Å². The number of rotatable bonds is 1. The molecule has 1 fully saturated rings. The Labute approximate surface area is 48.6 Å². The van der Waals surface area contributed by atoms with Crippen LogP contribution in [0.4, 0.5) is 0 Å². The molecule has 0 aromatic heterocycles. The molecule has 1 N–H and O–H groups in total. The highest BCUT2D eigenvalue weighted by Gasteiger charge is 2.34. The quantitative estimate of drug-likeness (QED) is 0.386. The highest BCUT2D eigenvalue weighted by molar-refractivity contribution is 5.85. The lowest BCUT2D eigenvalue weighted by molar-refractivity contribution is -0.130. The van der Waals surface area contributed by atoms with E-state index in [0.29, 0.717) is 6.42 Å². The Balaban J connectivity index is 2.52. The van der Waals surface area contributed by atoms with Crippen molar-refractivity contribution >= 4 is 5.91 Å². The van der Waals surface area contributed by atoms with Crippen molar-refractivity contribution in [3.8, 4) is 0 Å². The largest absolute Gasteiger partial charge is 0.347 e. The van der Waals surface area contributed by atoms with Crippen LogP contribution >= 0.6 is 0 Å². The van der Waals surface area contributed by atoms with Gasteiger partial charge in [-0.2, -0.15) is 0 Å². The normalized spacial score (nSPS) is 35.4. The Kier molecular flexibility index (Phi) is 0.897. The first-order valence-electron chi connectivity index (χ1n) is 2.61. The van der Waals surface area contributed by atoms with Gasteiger partial charge in [-0.1, -0.05) is 6.08 Å². The van der Waals surface area contributed by atoms with Crippen molar-refractivity contribution in [2.45, 2.75) is 18.9 Å². The summed E-state index contributed by atoms with van der Waals surface area (Å²) in [6.07, 6.45) is 2.35. The molecule has 1 rings (SSSR count). The van der Waals surface area contributed by atoms with Gasteiger partial charge in [-0.3, -0.25) is 4.79 Å². The van der Waals surface area contributed by atoms with Crippen molar-refractivity contribution in [3.05, 3.63) is 12.7 Å². The first-order chi connectivity index (χ1) is 3.66. The lowest BCUT2D eigenvalue weighted by Crippen LogP contribution is -2.57. The molecule has 1 aliphatic heterocycles. The SMILES string of the molecule is C=CC1(C)CC(=O)N1. The molecule has 1 unspecified atom stereocenters. The number of carbonyl (C=O) groups excluding carboxylic acids is 1. The van der Waals surface area contributed by atoms with Crippen LogP contribution in [-0.2, 0) is 4.79 Å². The molecule has 0 aromatic carbocycles. The minimum Gasteiger partial charge on any atom is -0.347 e. The number of carbonyl (C=O) groups is 1. The number of amides is 1. The second-order valence-corrected chi connectivity index (χ2v) is 2.35. The standard InChI is InChI=1S/C6H9NO/c1-3-6(2)4-5(8)7-6/h3H,1,4H2,2H3,(H,7,8). The third kappa shape index (κ3) is 0.619. The molecule has 0 bridgehead atoms. The molecule has 0 aromatic rings. The predicted molar refractivity (Wildman–Crippen MR) is 31.4 cm³/mol. The maximum Gasteiger partial charge on any atom is 0.223 e.